The first-order valence-corrected chi connectivity index (χ1v) is 6.64. The van der Waals surface area contributed by atoms with E-state index in [1.54, 1.807) is 0 Å². The minimum Gasteiger partial charge on any atom is -0.312 e. The van der Waals surface area contributed by atoms with Crippen LogP contribution in [-0.2, 0) is 6.54 Å². The van der Waals surface area contributed by atoms with Gasteiger partial charge in [-0.2, -0.15) is 0 Å². The van der Waals surface area contributed by atoms with Gasteiger partial charge in [0.1, 0.15) is 0 Å². The van der Waals surface area contributed by atoms with E-state index in [0.717, 1.165) is 24.3 Å². The zero-order valence-corrected chi connectivity index (χ0v) is 11.7. The zero-order chi connectivity index (χ0) is 13.1. The van der Waals surface area contributed by atoms with Gasteiger partial charge in [0.25, 0.3) is 0 Å². The molecule has 0 saturated heterocycles. The molecule has 2 aromatic rings. The molecule has 0 aliphatic carbocycles. The van der Waals surface area contributed by atoms with E-state index < -0.39 is 0 Å². The number of hydrogen-bond donors (Lipinski definition) is 1. The average Bonchev–Trinajstić information content (AvgIpc) is 2.29. The molecule has 0 amide bonds. The standard InChI is InChI=1S/C16H22N2/c1-11(2)9-17-10-14-8-13(4)18-16-6-5-12(3)7-15(14)16/h5-8,11,17H,9-10H2,1-4H3. The highest BCUT2D eigenvalue weighted by atomic mass is 14.9. The quantitative estimate of drug-likeness (QED) is 0.886. The Morgan fingerprint density at radius 1 is 1.17 bits per heavy atom. The maximum atomic E-state index is 4.59. The monoisotopic (exact) mass is 242 g/mol. The van der Waals surface area contributed by atoms with Crippen LogP contribution in [0.2, 0.25) is 0 Å². The van der Waals surface area contributed by atoms with Gasteiger partial charge < -0.3 is 5.32 Å². The van der Waals surface area contributed by atoms with Gasteiger partial charge >= 0.3 is 0 Å². The van der Waals surface area contributed by atoms with Crippen LogP contribution < -0.4 is 5.32 Å². The summed E-state index contributed by atoms with van der Waals surface area (Å²) in [5, 5.41) is 4.79. The van der Waals surface area contributed by atoms with E-state index in [4.69, 9.17) is 0 Å². The molecule has 2 rings (SSSR count). The molecule has 0 atom stereocenters. The van der Waals surface area contributed by atoms with Crippen LogP contribution in [0.4, 0.5) is 0 Å². The summed E-state index contributed by atoms with van der Waals surface area (Å²) in [6, 6.07) is 8.66. The lowest BCUT2D eigenvalue weighted by molar-refractivity contribution is 0.553. The van der Waals surface area contributed by atoms with E-state index in [2.05, 4.69) is 62.3 Å². The SMILES string of the molecule is Cc1ccc2nc(C)cc(CNCC(C)C)c2c1. The molecule has 96 valence electrons. The number of benzene rings is 1. The number of nitrogens with one attached hydrogen (secondary N) is 1. The maximum Gasteiger partial charge on any atom is 0.0708 e. The number of fused-ring (bicyclic) bond motifs is 1. The van der Waals surface area contributed by atoms with E-state index in [1.807, 2.05) is 0 Å². The molecule has 0 radical (unpaired) electrons. The fourth-order valence-corrected chi connectivity index (χ4v) is 2.20. The van der Waals surface area contributed by atoms with E-state index in [1.165, 1.54) is 16.5 Å². The fourth-order valence-electron chi connectivity index (χ4n) is 2.20. The summed E-state index contributed by atoms with van der Waals surface area (Å²) in [6.07, 6.45) is 0. The topological polar surface area (TPSA) is 24.9 Å². The van der Waals surface area contributed by atoms with Gasteiger partial charge in [-0.05, 0) is 50.1 Å². The first kappa shape index (κ1) is 13.0. The zero-order valence-electron chi connectivity index (χ0n) is 11.7. The van der Waals surface area contributed by atoms with Gasteiger partial charge in [-0.1, -0.05) is 25.5 Å². The van der Waals surface area contributed by atoms with Gasteiger partial charge in [-0.25, -0.2) is 0 Å². The second-order valence-electron chi connectivity index (χ2n) is 5.47. The molecular weight excluding hydrogens is 220 g/mol. The summed E-state index contributed by atoms with van der Waals surface area (Å²) in [5.74, 6) is 0.681. The lowest BCUT2D eigenvalue weighted by Gasteiger charge is -2.11. The molecule has 1 N–H and O–H groups in total. The predicted molar refractivity (Wildman–Crippen MR) is 77.8 cm³/mol. The smallest absolute Gasteiger partial charge is 0.0708 e. The van der Waals surface area contributed by atoms with E-state index >= 15 is 0 Å². The normalized spacial score (nSPS) is 11.4. The molecule has 0 spiro atoms. The lowest BCUT2D eigenvalue weighted by atomic mass is 10.1. The van der Waals surface area contributed by atoms with Gasteiger partial charge in [0.05, 0.1) is 5.52 Å². The Hall–Kier alpha value is -1.41. The Kier molecular flexibility index (Phi) is 3.97. The van der Waals surface area contributed by atoms with Crippen molar-refractivity contribution in [2.24, 2.45) is 5.92 Å². The van der Waals surface area contributed by atoms with E-state index in [-0.39, 0.29) is 0 Å². The Morgan fingerprint density at radius 3 is 2.67 bits per heavy atom. The molecule has 0 saturated carbocycles. The van der Waals surface area contributed by atoms with Crippen molar-refractivity contribution in [3.8, 4) is 0 Å². The van der Waals surface area contributed by atoms with Crippen LogP contribution in [0, 0.1) is 19.8 Å². The lowest BCUT2D eigenvalue weighted by Crippen LogP contribution is -2.19. The third kappa shape index (κ3) is 3.08. The highest BCUT2D eigenvalue weighted by Crippen LogP contribution is 2.19. The summed E-state index contributed by atoms with van der Waals surface area (Å²) in [5.41, 5.74) is 4.83. The first-order chi connectivity index (χ1) is 8.56. The molecule has 0 aliphatic rings. The van der Waals surface area contributed by atoms with Gasteiger partial charge in [0.15, 0.2) is 0 Å². The van der Waals surface area contributed by atoms with Crippen molar-refractivity contribution in [1.29, 1.82) is 0 Å². The molecule has 1 heterocycles. The van der Waals surface area contributed by atoms with Crippen molar-refractivity contribution in [3.05, 3.63) is 41.1 Å². The Balaban J connectivity index is 2.32. The highest BCUT2D eigenvalue weighted by Gasteiger charge is 2.04. The van der Waals surface area contributed by atoms with Gasteiger partial charge in [0, 0.05) is 17.6 Å². The third-order valence-electron chi connectivity index (χ3n) is 3.05. The number of aryl methyl sites for hydroxylation is 2. The molecule has 0 unspecified atom stereocenters. The van der Waals surface area contributed by atoms with Crippen molar-refractivity contribution in [2.75, 3.05) is 6.54 Å². The van der Waals surface area contributed by atoms with Crippen LogP contribution >= 0.6 is 0 Å². The Bertz CT molecular complexity index is 544. The summed E-state index contributed by atoms with van der Waals surface area (Å²) < 4.78 is 0. The maximum absolute atomic E-state index is 4.59. The van der Waals surface area contributed by atoms with Crippen molar-refractivity contribution < 1.29 is 0 Å². The number of aromatic nitrogens is 1. The van der Waals surface area contributed by atoms with Crippen LogP contribution in [0.15, 0.2) is 24.3 Å². The summed E-state index contributed by atoms with van der Waals surface area (Å²) in [6.45, 7) is 10.6. The van der Waals surface area contributed by atoms with Crippen molar-refractivity contribution >= 4 is 10.9 Å². The summed E-state index contributed by atoms with van der Waals surface area (Å²) >= 11 is 0. The van der Waals surface area contributed by atoms with Crippen molar-refractivity contribution in [2.45, 2.75) is 34.2 Å². The van der Waals surface area contributed by atoms with E-state index in [9.17, 15) is 0 Å². The summed E-state index contributed by atoms with van der Waals surface area (Å²) in [4.78, 5) is 4.59. The molecule has 1 aromatic heterocycles. The van der Waals surface area contributed by atoms with Crippen LogP contribution in [-0.4, -0.2) is 11.5 Å². The first-order valence-electron chi connectivity index (χ1n) is 6.64. The highest BCUT2D eigenvalue weighted by molar-refractivity contribution is 5.83. The molecular formula is C16H22N2. The molecule has 2 heteroatoms. The van der Waals surface area contributed by atoms with Gasteiger partial charge in [0.2, 0.25) is 0 Å². The molecule has 0 fully saturated rings. The van der Waals surface area contributed by atoms with Gasteiger partial charge in [-0.15, -0.1) is 0 Å². The minimum absolute atomic E-state index is 0.681. The largest absolute Gasteiger partial charge is 0.312 e. The predicted octanol–water partition coefficient (Wildman–Crippen LogP) is 3.60. The second-order valence-corrected chi connectivity index (χ2v) is 5.47. The van der Waals surface area contributed by atoms with E-state index in [0.29, 0.717) is 5.92 Å². The Labute approximate surface area is 109 Å². The van der Waals surface area contributed by atoms with Crippen LogP contribution in [0.25, 0.3) is 10.9 Å². The Morgan fingerprint density at radius 2 is 1.94 bits per heavy atom. The van der Waals surface area contributed by atoms with Crippen LogP contribution in [0.1, 0.15) is 30.7 Å². The molecule has 0 aliphatic heterocycles. The number of hydrogen-bond acceptors (Lipinski definition) is 2. The van der Waals surface area contributed by atoms with Crippen molar-refractivity contribution in [3.63, 3.8) is 0 Å². The molecule has 2 nitrogen and oxygen atoms in total. The molecule has 1 aromatic carbocycles. The van der Waals surface area contributed by atoms with Crippen LogP contribution in [0.3, 0.4) is 0 Å². The molecule has 0 bridgehead atoms. The average molecular weight is 242 g/mol. The molecule has 18 heavy (non-hydrogen) atoms. The number of rotatable bonds is 4. The number of pyridine rings is 1. The minimum atomic E-state index is 0.681. The van der Waals surface area contributed by atoms with Crippen LogP contribution in [0.5, 0.6) is 0 Å². The number of nitrogens with zero attached hydrogens (tertiary/aromatic N) is 1. The van der Waals surface area contributed by atoms with Crippen molar-refractivity contribution in [1.82, 2.24) is 10.3 Å². The van der Waals surface area contributed by atoms with Gasteiger partial charge in [-0.3, -0.25) is 4.98 Å². The third-order valence-corrected chi connectivity index (χ3v) is 3.05. The second kappa shape index (κ2) is 5.49. The summed E-state index contributed by atoms with van der Waals surface area (Å²) in [7, 11) is 0. The fraction of sp³-hybridized carbons (Fsp3) is 0.438.